The van der Waals surface area contributed by atoms with Crippen LogP contribution >= 0.6 is 0 Å². The van der Waals surface area contributed by atoms with E-state index in [4.69, 9.17) is 6.57 Å². The molecule has 0 unspecified atom stereocenters. The van der Waals surface area contributed by atoms with E-state index in [0.29, 0.717) is 0 Å². The molecule has 3 heterocycles. The Hall–Kier alpha value is -3.77. The molecule has 0 amide bonds. The highest BCUT2D eigenvalue weighted by atomic mass is 15.0. The molecule has 1 aromatic heterocycles. The number of benzene rings is 4. The maximum atomic E-state index is 7.90. The number of nitrogens with zero attached hydrogens (tertiary/aromatic N) is 2. The van der Waals surface area contributed by atoms with Gasteiger partial charge in [-0.2, -0.15) is 0 Å². The van der Waals surface area contributed by atoms with Gasteiger partial charge in [-0.15, -0.1) is 0 Å². The minimum absolute atomic E-state index is 0.227. The number of hydrogen-bond acceptors (Lipinski definition) is 0. The predicted octanol–water partition coefficient (Wildman–Crippen LogP) is 4.07. The lowest BCUT2D eigenvalue weighted by molar-refractivity contribution is 1.16. The highest BCUT2D eigenvalue weighted by molar-refractivity contribution is 6.99. The number of para-hydroxylation sites is 2. The van der Waals surface area contributed by atoms with Crippen molar-refractivity contribution >= 4 is 50.6 Å². The van der Waals surface area contributed by atoms with E-state index < -0.39 is 0 Å². The molecule has 0 bridgehead atoms. The van der Waals surface area contributed by atoms with Gasteiger partial charge in [0.1, 0.15) is 0 Å². The SMILES string of the molecule is [C-]#[N+]c1cc2c3c4c1c1ccccc1n4-c1ccccc1B3c1ccccc1C2. The summed E-state index contributed by atoms with van der Waals surface area (Å²) in [4.78, 5) is 3.97. The van der Waals surface area contributed by atoms with Crippen LogP contribution in [0.3, 0.4) is 0 Å². The van der Waals surface area contributed by atoms with E-state index in [1.54, 1.807) is 0 Å². The van der Waals surface area contributed by atoms with E-state index in [9.17, 15) is 0 Å². The zero-order chi connectivity index (χ0) is 19.1. The molecule has 132 valence electrons. The number of hydrogen-bond donors (Lipinski definition) is 0. The van der Waals surface area contributed by atoms with E-state index in [-0.39, 0.29) is 6.71 Å². The smallest absolute Gasteiger partial charge is 0.247 e. The Morgan fingerprint density at radius 3 is 2.48 bits per heavy atom. The first-order valence-electron chi connectivity index (χ1n) is 10.0. The van der Waals surface area contributed by atoms with Gasteiger partial charge in [0.25, 0.3) is 0 Å². The Morgan fingerprint density at radius 2 is 1.59 bits per heavy atom. The van der Waals surface area contributed by atoms with Crippen LogP contribution in [-0.4, -0.2) is 11.3 Å². The summed E-state index contributed by atoms with van der Waals surface area (Å²) in [5.41, 5.74) is 11.2. The third kappa shape index (κ3) is 1.73. The summed E-state index contributed by atoms with van der Waals surface area (Å²) < 4.78 is 2.40. The standard InChI is InChI=1S/C26H15BN2/c1-28-21-15-17-14-16-8-2-4-10-19(16)27-20-11-5-7-13-23(20)29-22-12-6-3-9-18(22)24(21)26(29)25(17)27/h2-13,15H,14H2. The van der Waals surface area contributed by atoms with Crippen molar-refractivity contribution in [1.29, 1.82) is 0 Å². The van der Waals surface area contributed by atoms with Crippen molar-refractivity contribution in [3.63, 3.8) is 0 Å². The first-order chi connectivity index (χ1) is 14.4. The molecule has 4 aromatic carbocycles. The summed E-state index contributed by atoms with van der Waals surface area (Å²) in [6.07, 6.45) is 0.893. The predicted molar refractivity (Wildman–Crippen MR) is 121 cm³/mol. The quantitative estimate of drug-likeness (QED) is 0.283. The lowest BCUT2D eigenvalue weighted by atomic mass is 9.32. The van der Waals surface area contributed by atoms with Crippen molar-refractivity contribution in [2.24, 2.45) is 0 Å². The van der Waals surface area contributed by atoms with Crippen LogP contribution in [0.1, 0.15) is 11.1 Å². The third-order valence-corrected chi connectivity index (χ3v) is 6.69. The fourth-order valence-electron chi connectivity index (χ4n) is 5.62. The second-order valence-electron chi connectivity index (χ2n) is 8.02. The lowest BCUT2D eigenvalue weighted by Crippen LogP contribution is -2.60. The van der Waals surface area contributed by atoms with Crippen LogP contribution < -0.4 is 16.4 Å². The second-order valence-corrected chi connectivity index (χ2v) is 8.02. The van der Waals surface area contributed by atoms with Crippen LogP contribution in [0.15, 0.2) is 78.9 Å². The van der Waals surface area contributed by atoms with Crippen LogP contribution in [0.4, 0.5) is 5.69 Å². The van der Waals surface area contributed by atoms with Crippen molar-refractivity contribution in [2.45, 2.75) is 6.42 Å². The van der Waals surface area contributed by atoms with Crippen LogP contribution in [-0.2, 0) is 6.42 Å². The average molecular weight is 366 g/mol. The fraction of sp³-hybridized carbons (Fsp3) is 0.0385. The van der Waals surface area contributed by atoms with E-state index in [2.05, 4.69) is 88.3 Å². The van der Waals surface area contributed by atoms with E-state index >= 15 is 0 Å². The molecule has 5 aromatic rings. The summed E-state index contributed by atoms with van der Waals surface area (Å²) in [7, 11) is 0. The van der Waals surface area contributed by atoms with Gasteiger partial charge in [0.2, 0.25) is 6.71 Å². The Morgan fingerprint density at radius 1 is 0.828 bits per heavy atom. The molecule has 0 atom stereocenters. The van der Waals surface area contributed by atoms with E-state index in [1.807, 2.05) is 0 Å². The third-order valence-electron chi connectivity index (χ3n) is 6.69. The summed E-state index contributed by atoms with van der Waals surface area (Å²) in [5.74, 6) is 0. The first kappa shape index (κ1) is 15.2. The molecule has 0 aliphatic carbocycles. The lowest BCUT2D eigenvalue weighted by Gasteiger charge is -2.33. The molecule has 0 saturated heterocycles. The van der Waals surface area contributed by atoms with Gasteiger partial charge in [-0.05, 0) is 40.4 Å². The van der Waals surface area contributed by atoms with Crippen molar-refractivity contribution in [2.75, 3.05) is 0 Å². The van der Waals surface area contributed by atoms with Crippen molar-refractivity contribution in [3.05, 3.63) is 101 Å². The molecular formula is C26H15BN2. The number of fused-ring (bicyclic) bond motifs is 8. The number of rotatable bonds is 0. The minimum atomic E-state index is 0.227. The Labute approximate surface area is 168 Å². The molecule has 7 rings (SSSR count). The fourth-order valence-corrected chi connectivity index (χ4v) is 5.62. The maximum absolute atomic E-state index is 7.90. The van der Waals surface area contributed by atoms with Gasteiger partial charge in [0.15, 0.2) is 5.69 Å². The molecule has 0 spiro atoms. The molecule has 0 N–H and O–H groups in total. The minimum Gasteiger partial charge on any atom is -0.312 e. The molecule has 2 aliphatic heterocycles. The summed E-state index contributed by atoms with van der Waals surface area (Å²) in [5, 5.41) is 2.28. The van der Waals surface area contributed by atoms with Crippen LogP contribution in [0.5, 0.6) is 0 Å². The van der Waals surface area contributed by atoms with Crippen molar-refractivity contribution in [1.82, 2.24) is 4.57 Å². The van der Waals surface area contributed by atoms with Crippen LogP contribution in [0.25, 0.3) is 32.3 Å². The van der Waals surface area contributed by atoms with Crippen LogP contribution in [0, 0.1) is 6.57 Å². The van der Waals surface area contributed by atoms with Gasteiger partial charge in [-0.25, -0.2) is 4.85 Å². The van der Waals surface area contributed by atoms with E-state index in [1.165, 1.54) is 49.6 Å². The van der Waals surface area contributed by atoms with Gasteiger partial charge in [-0.3, -0.25) is 0 Å². The Kier molecular flexibility index (Phi) is 2.72. The number of aromatic nitrogens is 1. The summed E-state index contributed by atoms with van der Waals surface area (Å²) in [6.45, 7) is 8.13. The van der Waals surface area contributed by atoms with Gasteiger partial charge in [0.05, 0.1) is 12.1 Å². The molecule has 3 heteroatoms. The highest BCUT2D eigenvalue weighted by Gasteiger charge is 2.39. The topological polar surface area (TPSA) is 9.29 Å². The highest BCUT2D eigenvalue weighted by Crippen LogP contribution is 2.40. The summed E-state index contributed by atoms with van der Waals surface area (Å²) in [6, 6.07) is 28.3. The van der Waals surface area contributed by atoms with Crippen LogP contribution in [0.2, 0.25) is 0 Å². The molecule has 0 radical (unpaired) electrons. The molecule has 2 nitrogen and oxygen atoms in total. The zero-order valence-corrected chi connectivity index (χ0v) is 15.7. The molecule has 0 fully saturated rings. The Bertz CT molecular complexity index is 1550. The molecule has 29 heavy (non-hydrogen) atoms. The maximum Gasteiger partial charge on any atom is 0.247 e. The second kappa shape index (κ2) is 5.18. The molecular weight excluding hydrogens is 351 g/mol. The van der Waals surface area contributed by atoms with E-state index in [0.717, 1.165) is 17.5 Å². The monoisotopic (exact) mass is 366 g/mol. The Balaban J connectivity index is 1.80. The first-order valence-corrected chi connectivity index (χ1v) is 10.0. The van der Waals surface area contributed by atoms with Crippen molar-refractivity contribution < 1.29 is 0 Å². The van der Waals surface area contributed by atoms with Gasteiger partial charge in [-0.1, -0.05) is 77.8 Å². The van der Waals surface area contributed by atoms with Crippen molar-refractivity contribution in [3.8, 4) is 5.69 Å². The van der Waals surface area contributed by atoms with Gasteiger partial charge >= 0.3 is 0 Å². The molecule has 2 aliphatic rings. The zero-order valence-electron chi connectivity index (χ0n) is 15.7. The normalized spacial score (nSPS) is 13.3. The van der Waals surface area contributed by atoms with Gasteiger partial charge in [0, 0.05) is 16.6 Å². The average Bonchev–Trinajstić information content (AvgIpc) is 3.13. The largest absolute Gasteiger partial charge is 0.312 e. The summed E-state index contributed by atoms with van der Waals surface area (Å²) >= 11 is 0. The van der Waals surface area contributed by atoms with Gasteiger partial charge < -0.3 is 4.57 Å². The molecule has 0 saturated carbocycles.